The van der Waals surface area contributed by atoms with Gasteiger partial charge in [-0.3, -0.25) is 14.9 Å². The fraction of sp³-hybridized carbons (Fsp3) is 0.550. The molecule has 1 aromatic rings. The molecule has 1 fully saturated rings. The predicted octanol–water partition coefficient (Wildman–Crippen LogP) is 4.32. The van der Waals surface area contributed by atoms with Gasteiger partial charge in [0.05, 0.1) is 4.92 Å². The molecule has 134 valence electrons. The number of nitrogens with zero attached hydrogens (tertiary/aromatic N) is 1. The molecule has 1 aromatic carbocycles. The highest BCUT2D eigenvalue weighted by Gasteiger charge is 2.31. The molecule has 25 heavy (non-hydrogen) atoms. The molecule has 0 radical (unpaired) electrons. The Hall–Kier alpha value is -2.17. The summed E-state index contributed by atoms with van der Waals surface area (Å²) in [6, 6.07) is 3.52. The predicted molar refractivity (Wildman–Crippen MR) is 98.3 cm³/mol. The number of carbonyl (C=O) groups is 1. The van der Waals surface area contributed by atoms with E-state index in [-0.39, 0.29) is 27.9 Å². The molecule has 1 N–H and O–H groups in total. The number of carbonyl (C=O) groups excluding carboxylic acids is 1. The molecule has 1 aliphatic carbocycles. The summed E-state index contributed by atoms with van der Waals surface area (Å²) in [6.45, 7) is 5.95. The van der Waals surface area contributed by atoms with Crippen LogP contribution >= 0.6 is 0 Å². The van der Waals surface area contributed by atoms with Gasteiger partial charge < -0.3 is 5.32 Å². The first kappa shape index (κ1) is 17.6. The van der Waals surface area contributed by atoms with Crippen LogP contribution in [0.1, 0.15) is 62.6 Å². The Labute approximate surface area is 148 Å². The lowest BCUT2D eigenvalue weighted by Crippen LogP contribution is -2.44. The molecule has 0 saturated heterocycles. The smallest absolute Gasteiger partial charge is 0.272 e. The molecule has 0 bridgehead atoms. The number of rotatable bonds is 3. The lowest BCUT2D eigenvalue weighted by atomic mass is 9.82. The molecule has 3 rings (SSSR count). The van der Waals surface area contributed by atoms with Crippen LogP contribution in [0.3, 0.4) is 0 Å². The van der Waals surface area contributed by atoms with E-state index in [0.29, 0.717) is 5.56 Å². The van der Waals surface area contributed by atoms with Gasteiger partial charge in [-0.2, -0.15) is 0 Å². The van der Waals surface area contributed by atoms with E-state index in [4.69, 9.17) is 0 Å². The van der Waals surface area contributed by atoms with Crippen LogP contribution < -0.4 is 5.32 Å². The highest BCUT2D eigenvalue weighted by Crippen LogP contribution is 2.35. The quantitative estimate of drug-likeness (QED) is 0.504. The number of hydrogen-bond acceptors (Lipinski definition) is 4. The number of allylic oxidation sites excluding steroid dienone is 1. The zero-order valence-corrected chi connectivity index (χ0v) is 15.2. The number of benzene rings is 1. The molecule has 0 aromatic heterocycles. The van der Waals surface area contributed by atoms with E-state index >= 15 is 0 Å². The van der Waals surface area contributed by atoms with Gasteiger partial charge in [0.15, 0.2) is 5.78 Å². The number of aryl methyl sites for hydroxylation is 1. The summed E-state index contributed by atoms with van der Waals surface area (Å²) in [7, 11) is 0. The van der Waals surface area contributed by atoms with Gasteiger partial charge in [-0.15, -0.1) is 0 Å². The molecule has 0 unspecified atom stereocenters. The van der Waals surface area contributed by atoms with Gasteiger partial charge in [0.2, 0.25) is 0 Å². The third-order valence-electron chi connectivity index (χ3n) is 5.31. The molecular formula is C20H26N2O3. The van der Waals surface area contributed by atoms with Gasteiger partial charge in [0.1, 0.15) is 0 Å². The van der Waals surface area contributed by atoms with Gasteiger partial charge in [0.25, 0.3) is 5.69 Å². The van der Waals surface area contributed by atoms with Gasteiger partial charge in [-0.25, -0.2) is 0 Å². The zero-order valence-electron chi connectivity index (χ0n) is 15.2. The Balaban J connectivity index is 2.02. The Morgan fingerprint density at radius 2 is 1.96 bits per heavy atom. The van der Waals surface area contributed by atoms with Crippen LogP contribution in [0.25, 0.3) is 5.70 Å². The molecule has 2 aliphatic rings. The minimum absolute atomic E-state index is 0.0944. The lowest BCUT2D eigenvalue weighted by Gasteiger charge is -2.36. The molecule has 5 heteroatoms. The van der Waals surface area contributed by atoms with Crippen molar-refractivity contribution in [2.24, 2.45) is 5.92 Å². The van der Waals surface area contributed by atoms with Crippen molar-refractivity contribution in [3.05, 3.63) is 45.0 Å². The van der Waals surface area contributed by atoms with E-state index < -0.39 is 0 Å². The fourth-order valence-electron chi connectivity index (χ4n) is 4.06. The summed E-state index contributed by atoms with van der Waals surface area (Å²) in [4.78, 5) is 23.7. The fourth-order valence-corrected chi connectivity index (χ4v) is 4.06. The Kier molecular flexibility index (Phi) is 4.67. The zero-order chi connectivity index (χ0) is 18.2. The van der Waals surface area contributed by atoms with Crippen molar-refractivity contribution in [2.45, 2.75) is 64.8 Å². The van der Waals surface area contributed by atoms with E-state index in [2.05, 4.69) is 19.2 Å². The summed E-state index contributed by atoms with van der Waals surface area (Å²) in [6.07, 6.45) is 7.80. The number of hydrogen-bond donors (Lipinski definition) is 1. The second-order valence-corrected chi connectivity index (χ2v) is 8.03. The third kappa shape index (κ3) is 3.75. The van der Waals surface area contributed by atoms with E-state index in [9.17, 15) is 14.9 Å². The van der Waals surface area contributed by atoms with Crippen LogP contribution in [-0.4, -0.2) is 16.2 Å². The molecule has 0 amide bonds. The van der Waals surface area contributed by atoms with Gasteiger partial charge in [0, 0.05) is 40.4 Å². The first-order valence-electron chi connectivity index (χ1n) is 9.09. The normalized spacial score (nSPS) is 21.5. The summed E-state index contributed by atoms with van der Waals surface area (Å²) in [5, 5.41) is 14.7. The summed E-state index contributed by atoms with van der Waals surface area (Å²) >= 11 is 0. The van der Waals surface area contributed by atoms with Crippen molar-refractivity contribution in [2.75, 3.05) is 0 Å². The number of ketones is 1. The van der Waals surface area contributed by atoms with E-state index in [1.807, 2.05) is 6.07 Å². The molecule has 1 aliphatic heterocycles. The first-order chi connectivity index (χ1) is 11.8. The highest BCUT2D eigenvalue weighted by atomic mass is 16.6. The van der Waals surface area contributed by atoms with E-state index in [1.54, 1.807) is 19.1 Å². The van der Waals surface area contributed by atoms with Crippen molar-refractivity contribution in [1.82, 2.24) is 5.32 Å². The summed E-state index contributed by atoms with van der Waals surface area (Å²) in [5.74, 6) is 0.242. The van der Waals surface area contributed by atoms with Crippen molar-refractivity contribution in [3.8, 4) is 0 Å². The standard InChI is InChI=1S/C20H26N2O3/c1-13-9-15-12-20(2,3)21-17(16(15)10-18(13)22(24)25)11-19(23)14-7-5-4-6-8-14/h9-11,14,21H,4-8,12H2,1-3H3. The molecule has 1 saturated carbocycles. The maximum absolute atomic E-state index is 12.7. The van der Waals surface area contributed by atoms with Crippen molar-refractivity contribution >= 4 is 17.2 Å². The lowest BCUT2D eigenvalue weighted by molar-refractivity contribution is -0.385. The van der Waals surface area contributed by atoms with Crippen LogP contribution in [0.2, 0.25) is 0 Å². The Morgan fingerprint density at radius 3 is 2.60 bits per heavy atom. The van der Waals surface area contributed by atoms with Crippen LogP contribution in [0.4, 0.5) is 5.69 Å². The van der Waals surface area contributed by atoms with Crippen molar-refractivity contribution in [1.29, 1.82) is 0 Å². The number of fused-ring (bicyclic) bond motifs is 1. The van der Waals surface area contributed by atoms with Gasteiger partial charge >= 0.3 is 0 Å². The van der Waals surface area contributed by atoms with Crippen LogP contribution in [0.15, 0.2) is 18.2 Å². The largest absolute Gasteiger partial charge is 0.379 e. The highest BCUT2D eigenvalue weighted by molar-refractivity contribution is 5.98. The summed E-state index contributed by atoms with van der Waals surface area (Å²) in [5.41, 5.74) is 3.17. The minimum atomic E-state index is -0.351. The number of nitro groups is 1. The first-order valence-corrected chi connectivity index (χ1v) is 9.09. The third-order valence-corrected chi connectivity index (χ3v) is 5.31. The van der Waals surface area contributed by atoms with Crippen molar-refractivity contribution < 1.29 is 9.72 Å². The Bertz CT molecular complexity index is 744. The maximum Gasteiger partial charge on any atom is 0.272 e. The average molecular weight is 342 g/mol. The molecule has 1 heterocycles. The second kappa shape index (κ2) is 6.62. The van der Waals surface area contributed by atoms with Gasteiger partial charge in [-0.1, -0.05) is 19.3 Å². The minimum Gasteiger partial charge on any atom is -0.379 e. The molecule has 0 spiro atoms. The second-order valence-electron chi connectivity index (χ2n) is 8.03. The monoisotopic (exact) mass is 342 g/mol. The number of nitrogens with one attached hydrogen (secondary N) is 1. The maximum atomic E-state index is 12.7. The van der Waals surface area contributed by atoms with Crippen molar-refractivity contribution in [3.63, 3.8) is 0 Å². The van der Waals surface area contributed by atoms with E-state index in [1.165, 1.54) is 6.42 Å². The van der Waals surface area contributed by atoms with Crippen LogP contribution in [-0.2, 0) is 11.2 Å². The summed E-state index contributed by atoms with van der Waals surface area (Å²) < 4.78 is 0. The number of nitro benzene ring substituents is 1. The topological polar surface area (TPSA) is 72.2 Å². The average Bonchev–Trinajstić information content (AvgIpc) is 2.53. The van der Waals surface area contributed by atoms with Crippen LogP contribution in [0.5, 0.6) is 0 Å². The van der Waals surface area contributed by atoms with E-state index in [0.717, 1.165) is 48.9 Å². The molecular weight excluding hydrogens is 316 g/mol. The Morgan fingerprint density at radius 1 is 1.28 bits per heavy atom. The van der Waals surface area contributed by atoms with Crippen LogP contribution in [0, 0.1) is 23.0 Å². The molecule has 0 atom stereocenters. The van der Waals surface area contributed by atoms with Gasteiger partial charge in [-0.05, 0) is 51.7 Å². The SMILES string of the molecule is Cc1cc2c(cc1[N+](=O)[O-])C(=CC(=O)C1CCCCC1)NC(C)(C)C2. The molecule has 5 nitrogen and oxygen atoms in total.